The van der Waals surface area contributed by atoms with Crippen molar-refractivity contribution >= 4 is 21.6 Å². The summed E-state index contributed by atoms with van der Waals surface area (Å²) in [6.45, 7) is 2.56. The SMILES string of the molecule is CCN(Cc1cnn(C)c1)S(=O)(=O)c1ccc(CCCCl)cc1. The van der Waals surface area contributed by atoms with E-state index in [0.717, 1.165) is 24.0 Å². The molecule has 0 spiro atoms. The average molecular weight is 356 g/mol. The number of hydrogen-bond donors (Lipinski definition) is 0. The molecule has 126 valence electrons. The van der Waals surface area contributed by atoms with Crippen molar-refractivity contribution in [3.05, 3.63) is 47.8 Å². The normalized spacial score (nSPS) is 12.0. The van der Waals surface area contributed by atoms with Gasteiger partial charge in [-0.15, -0.1) is 11.6 Å². The molecule has 7 heteroatoms. The number of benzene rings is 1. The van der Waals surface area contributed by atoms with E-state index in [2.05, 4.69) is 5.10 Å². The molecule has 0 N–H and O–H groups in total. The van der Waals surface area contributed by atoms with Crippen LogP contribution < -0.4 is 0 Å². The Labute approximate surface area is 142 Å². The first kappa shape index (κ1) is 18.0. The third-order valence-corrected chi connectivity index (χ3v) is 5.83. The van der Waals surface area contributed by atoms with Gasteiger partial charge < -0.3 is 0 Å². The van der Waals surface area contributed by atoms with E-state index in [1.54, 1.807) is 23.0 Å². The summed E-state index contributed by atoms with van der Waals surface area (Å²) in [4.78, 5) is 0.317. The maximum Gasteiger partial charge on any atom is 0.243 e. The molecule has 0 unspecified atom stereocenters. The molecule has 0 aliphatic rings. The molecule has 1 aromatic carbocycles. The fraction of sp³-hybridized carbons (Fsp3) is 0.438. The van der Waals surface area contributed by atoms with Crippen molar-refractivity contribution < 1.29 is 8.42 Å². The molecule has 0 atom stereocenters. The van der Waals surface area contributed by atoms with E-state index in [0.29, 0.717) is 23.9 Å². The van der Waals surface area contributed by atoms with E-state index >= 15 is 0 Å². The Bertz CT molecular complexity index is 726. The number of aryl methyl sites for hydroxylation is 2. The van der Waals surface area contributed by atoms with E-state index in [1.807, 2.05) is 32.3 Å². The second-order valence-corrected chi connectivity index (χ2v) is 7.71. The van der Waals surface area contributed by atoms with Crippen LogP contribution in [0.2, 0.25) is 0 Å². The Morgan fingerprint density at radius 1 is 1.22 bits per heavy atom. The number of hydrogen-bond acceptors (Lipinski definition) is 3. The lowest BCUT2D eigenvalue weighted by molar-refractivity contribution is 0.423. The molecule has 0 amide bonds. The van der Waals surface area contributed by atoms with E-state index in [-0.39, 0.29) is 0 Å². The zero-order valence-corrected chi connectivity index (χ0v) is 15.0. The van der Waals surface area contributed by atoms with E-state index < -0.39 is 10.0 Å². The lowest BCUT2D eigenvalue weighted by Crippen LogP contribution is -2.30. The Kier molecular flexibility index (Phi) is 6.21. The first-order valence-corrected chi connectivity index (χ1v) is 9.57. The van der Waals surface area contributed by atoms with Crippen LogP contribution in [0.15, 0.2) is 41.6 Å². The smallest absolute Gasteiger partial charge is 0.243 e. The third kappa shape index (κ3) is 4.56. The average Bonchev–Trinajstić information content (AvgIpc) is 2.96. The summed E-state index contributed by atoms with van der Waals surface area (Å²) >= 11 is 5.69. The zero-order chi connectivity index (χ0) is 16.9. The molecule has 0 aliphatic carbocycles. The number of halogens is 1. The molecule has 0 aliphatic heterocycles. The molecule has 0 saturated heterocycles. The Morgan fingerprint density at radius 2 is 1.91 bits per heavy atom. The van der Waals surface area contributed by atoms with E-state index in [9.17, 15) is 8.42 Å². The van der Waals surface area contributed by atoms with Gasteiger partial charge >= 0.3 is 0 Å². The van der Waals surface area contributed by atoms with Gasteiger partial charge in [0, 0.05) is 37.8 Å². The quantitative estimate of drug-likeness (QED) is 0.684. The summed E-state index contributed by atoms with van der Waals surface area (Å²) in [5.41, 5.74) is 1.97. The topological polar surface area (TPSA) is 55.2 Å². The molecule has 0 saturated carbocycles. The van der Waals surface area contributed by atoms with Crippen molar-refractivity contribution in [3.63, 3.8) is 0 Å². The van der Waals surface area contributed by atoms with Gasteiger partial charge in [0.1, 0.15) is 0 Å². The molecule has 1 aromatic heterocycles. The number of alkyl halides is 1. The first-order valence-electron chi connectivity index (χ1n) is 7.60. The minimum Gasteiger partial charge on any atom is -0.275 e. The lowest BCUT2D eigenvalue weighted by atomic mass is 10.1. The molecular formula is C16H22ClN3O2S. The summed E-state index contributed by atoms with van der Waals surface area (Å²) < 4.78 is 28.7. The fourth-order valence-corrected chi connectivity index (χ4v) is 3.94. The van der Waals surface area contributed by atoms with Gasteiger partial charge in [0.25, 0.3) is 0 Å². The Hall–Kier alpha value is -1.37. The minimum atomic E-state index is -3.51. The maximum atomic E-state index is 12.8. The second-order valence-electron chi connectivity index (χ2n) is 5.39. The van der Waals surface area contributed by atoms with Crippen LogP contribution in [-0.4, -0.2) is 34.9 Å². The van der Waals surface area contributed by atoms with Gasteiger partial charge in [-0.2, -0.15) is 9.40 Å². The molecule has 5 nitrogen and oxygen atoms in total. The highest BCUT2D eigenvalue weighted by molar-refractivity contribution is 7.89. The Morgan fingerprint density at radius 3 is 2.43 bits per heavy atom. The highest BCUT2D eigenvalue weighted by Gasteiger charge is 2.23. The van der Waals surface area contributed by atoms with Crippen molar-refractivity contribution in [2.24, 2.45) is 7.05 Å². The maximum absolute atomic E-state index is 12.8. The Balaban J connectivity index is 2.17. The van der Waals surface area contributed by atoms with Crippen LogP contribution in [0, 0.1) is 0 Å². The minimum absolute atomic E-state index is 0.317. The molecular weight excluding hydrogens is 334 g/mol. The lowest BCUT2D eigenvalue weighted by Gasteiger charge is -2.20. The van der Waals surface area contributed by atoms with Crippen LogP contribution in [0.25, 0.3) is 0 Å². The summed E-state index contributed by atoms with van der Waals surface area (Å²) in [7, 11) is -1.69. The van der Waals surface area contributed by atoms with Crippen LogP contribution in [0.3, 0.4) is 0 Å². The third-order valence-electron chi connectivity index (χ3n) is 3.63. The van der Waals surface area contributed by atoms with Gasteiger partial charge in [-0.25, -0.2) is 8.42 Å². The van der Waals surface area contributed by atoms with Crippen LogP contribution in [0.5, 0.6) is 0 Å². The number of sulfonamides is 1. The zero-order valence-electron chi connectivity index (χ0n) is 13.4. The summed E-state index contributed by atoms with van der Waals surface area (Å²) in [6, 6.07) is 7.06. The molecule has 2 aromatic rings. The van der Waals surface area contributed by atoms with Crippen LogP contribution in [0.1, 0.15) is 24.5 Å². The van der Waals surface area contributed by atoms with Gasteiger partial charge in [-0.1, -0.05) is 19.1 Å². The van der Waals surface area contributed by atoms with Crippen LogP contribution in [-0.2, 0) is 30.0 Å². The van der Waals surface area contributed by atoms with Crippen LogP contribution in [0.4, 0.5) is 0 Å². The molecule has 0 bridgehead atoms. The molecule has 2 rings (SSSR count). The summed E-state index contributed by atoms with van der Waals surface area (Å²) in [5, 5.41) is 4.08. The second kappa shape index (κ2) is 7.95. The number of nitrogens with zero attached hydrogens (tertiary/aromatic N) is 3. The van der Waals surface area contributed by atoms with Crippen molar-refractivity contribution in [1.29, 1.82) is 0 Å². The predicted molar refractivity (Wildman–Crippen MR) is 92.0 cm³/mol. The van der Waals surface area contributed by atoms with Crippen molar-refractivity contribution in [1.82, 2.24) is 14.1 Å². The molecule has 23 heavy (non-hydrogen) atoms. The summed E-state index contributed by atoms with van der Waals surface area (Å²) in [6.07, 6.45) is 5.26. The standard InChI is InChI=1S/C16H22ClN3O2S/c1-3-20(13-15-11-18-19(2)12-15)23(21,22)16-8-6-14(7-9-16)5-4-10-17/h6-9,11-12H,3-5,10,13H2,1-2H3. The van der Waals surface area contributed by atoms with Gasteiger partial charge in [-0.05, 0) is 30.5 Å². The predicted octanol–water partition coefficient (Wildman–Crippen LogP) is 2.80. The highest BCUT2D eigenvalue weighted by atomic mass is 35.5. The van der Waals surface area contributed by atoms with Gasteiger partial charge in [0.05, 0.1) is 11.1 Å². The van der Waals surface area contributed by atoms with Crippen LogP contribution >= 0.6 is 11.6 Å². The fourth-order valence-electron chi connectivity index (χ4n) is 2.37. The largest absolute Gasteiger partial charge is 0.275 e. The van der Waals surface area contributed by atoms with Crippen molar-refractivity contribution in [2.75, 3.05) is 12.4 Å². The van der Waals surface area contributed by atoms with Gasteiger partial charge in [-0.3, -0.25) is 4.68 Å². The molecule has 0 radical (unpaired) electrons. The molecule has 0 fully saturated rings. The van der Waals surface area contributed by atoms with Gasteiger partial charge in [0.15, 0.2) is 0 Å². The highest BCUT2D eigenvalue weighted by Crippen LogP contribution is 2.19. The van der Waals surface area contributed by atoms with E-state index in [1.165, 1.54) is 4.31 Å². The molecule has 1 heterocycles. The number of rotatable bonds is 8. The van der Waals surface area contributed by atoms with Gasteiger partial charge in [0.2, 0.25) is 10.0 Å². The van der Waals surface area contributed by atoms with Crippen molar-refractivity contribution in [2.45, 2.75) is 31.2 Å². The first-order chi connectivity index (χ1) is 11.0. The number of aromatic nitrogens is 2. The van der Waals surface area contributed by atoms with E-state index in [4.69, 9.17) is 11.6 Å². The van der Waals surface area contributed by atoms with Crippen molar-refractivity contribution in [3.8, 4) is 0 Å². The summed E-state index contributed by atoms with van der Waals surface area (Å²) in [5.74, 6) is 0.606. The monoisotopic (exact) mass is 355 g/mol.